The number of carbonyl (C=O) groups excluding carboxylic acids is 1. The minimum atomic E-state index is -3.82. The highest BCUT2D eigenvalue weighted by Crippen LogP contribution is 2.26. The second-order valence-corrected chi connectivity index (χ2v) is 7.66. The fourth-order valence-corrected chi connectivity index (χ4v) is 3.65. The molecule has 0 aliphatic carbocycles. The Morgan fingerprint density at radius 3 is 2.76 bits per heavy atom. The van der Waals surface area contributed by atoms with Crippen LogP contribution in [-0.4, -0.2) is 31.8 Å². The summed E-state index contributed by atoms with van der Waals surface area (Å²) in [7, 11) is -3.82. The Balaban J connectivity index is 2.38. The van der Waals surface area contributed by atoms with Gasteiger partial charge >= 0.3 is 0 Å². The Hall–Kier alpha value is -0.920. The van der Waals surface area contributed by atoms with Crippen molar-refractivity contribution in [3.05, 3.63) is 28.2 Å². The molecule has 1 atom stereocenters. The molecular weight excluding hydrogens is 356 g/mol. The van der Waals surface area contributed by atoms with Gasteiger partial charge in [0.25, 0.3) is 5.91 Å². The highest BCUT2D eigenvalue weighted by atomic mass is 79.9. The highest BCUT2D eigenvalue weighted by Gasteiger charge is 2.28. The molecule has 0 aromatic heterocycles. The van der Waals surface area contributed by atoms with Gasteiger partial charge in [-0.25, -0.2) is 13.6 Å². The van der Waals surface area contributed by atoms with Gasteiger partial charge in [-0.3, -0.25) is 4.79 Å². The van der Waals surface area contributed by atoms with Crippen molar-refractivity contribution in [2.45, 2.75) is 43.5 Å². The fraction of sp³-hybridized carbons (Fsp3) is 0.500. The lowest BCUT2D eigenvalue weighted by molar-refractivity contribution is 0.0607. The van der Waals surface area contributed by atoms with Crippen molar-refractivity contribution in [2.75, 3.05) is 6.54 Å². The van der Waals surface area contributed by atoms with Crippen molar-refractivity contribution in [1.82, 2.24) is 4.90 Å². The number of carbonyl (C=O) groups is 1. The van der Waals surface area contributed by atoms with Gasteiger partial charge in [-0.2, -0.15) is 0 Å². The Labute approximate surface area is 133 Å². The van der Waals surface area contributed by atoms with E-state index in [-0.39, 0.29) is 16.8 Å². The summed E-state index contributed by atoms with van der Waals surface area (Å²) < 4.78 is 23.5. The minimum Gasteiger partial charge on any atom is -0.336 e. The van der Waals surface area contributed by atoms with Crippen LogP contribution in [0.4, 0.5) is 0 Å². The standard InChI is InChI=1S/C14H19BrN2O3S/c1-2-10-5-3-4-8-17(10)14(18)12-9-11(21(16,19)20)6-7-13(12)15/h6-7,9-10H,2-5,8H2,1H3,(H2,16,19,20). The quantitative estimate of drug-likeness (QED) is 0.882. The van der Waals surface area contributed by atoms with Crippen LogP contribution in [0.3, 0.4) is 0 Å². The third-order valence-electron chi connectivity index (χ3n) is 3.86. The number of hydrogen-bond donors (Lipinski definition) is 1. The van der Waals surface area contributed by atoms with Crippen LogP contribution in [0, 0.1) is 0 Å². The van der Waals surface area contributed by atoms with Gasteiger partial charge in [0.05, 0.1) is 10.5 Å². The van der Waals surface area contributed by atoms with Gasteiger partial charge < -0.3 is 4.90 Å². The Kier molecular flexibility index (Phi) is 5.06. The van der Waals surface area contributed by atoms with Crippen LogP contribution < -0.4 is 5.14 Å². The molecule has 21 heavy (non-hydrogen) atoms. The largest absolute Gasteiger partial charge is 0.336 e. The maximum atomic E-state index is 12.7. The van der Waals surface area contributed by atoms with Gasteiger partial charge in [0, 0.05) is 17.1 Å². The van der Waals surface area contributed by atoms with Crippen molar-refractivity contribution >= 4 is 31.9 Å². The predicted molar refractivity (Wildman–Crippen MR) is 84.5 cm³/mol. The smallest absolute Gasteiger partial charge is 0.255 e. The van der Waals surface area contributed by atoms with Gasteiger partial charge in [0.1, 0.15) is 0 Å². The van der Waals surface area contributed by atoms with E-state index in [2.05, 4.69) is 22.9 Å². The van der Waals surface area contributed by atoms with E-state index in [1.165, 1.54) is 12.1 Å². The predicted octanol–water partition coefficient (Wildman–Crippen LogP) is 2.50. The third-order valence-corrected chi connectivity index (χ3v) is 5.46. The molecule has 2 rings (SSSR count). The first kappa shape index (κ1) is 16.5. The summed E-state index contributed by atoms with van der Waals surface area (Å²) in [5.74, 6) is -0.140. The first-order chi connectivity index (χ1) is 9.84. The molecule has 1 aromatic rings. The summed E-state index contributed by atoms with van der Waals surface area (Å²) in [6.45, 7) is 2.77. The molecule has 1 fully saturated rings. The number of benzene rings is 1. The Morgan fingerprint density at radius 1 is 1.43 bits per heavy atom. The molecule has 7 heteroatoms. The van der Waals surface area contributed by atoms with Crippen LogP contribution in [-0.2, 0) is 10.0 Å². The van der Waals surface area contributed by atoms with Crippen molar-refractivity contribution in [1.29, 1.82) is 0 Å². The maximum absolute atomic E-state index is 12.7. The number of amides is 1. The maximum Gasteiger partial charge on any atom is 0.255 e. The van der Waals surface area contributed by atoms with E-state index in [0.717, 1.165) is 25.7 Å². The lowest BCUT2D eigenvalue weighted by Gasteiger charge is -2.35. The average molecular weight is 375 g/mol. The van der Waals surface area contributed by atoms with Crippen LogP contribution >= 0.6 is 15.9 Å². The number of halogens is 1. The number of likely N-dealkylation sites (tertiary alicyclic amines) is 1. The number of rotatable bonds is 3. The normalized spacial score (nSPS) is 19.6. The van der Waals surface area contributed by atoms with Crippen LogP contribution in [0.1, 0.15) is 43.0 Å². The molecule has 1 saturated heterocycles. The van der Waals surface area contributed by atoms with Gasteiger partial charge in [-0.05, 0) is 59.8 Å². The molecule has 2 N–H and O–H groups in total. The van der Waals surface area contributed by atoms with E-state index < -0.39 is 10.0 Å². The monoisotopic (exact) mass is 374 g/mol. The zero-order valence-electron chi connectivity index (χ0n) is 11.9. The number of hydrogen-bond acceptors (Lipinski definition) is 3. The van der Waals surface area contributed by atoms with E-state index in [4.69, 9.17) is 5.14 Å². The third kappa shape index (κ3) is 3.64. The highest BCUT2D eigenvalue weighted by molar-refractivity contribution is 9.10. The number of sulfonamides is 1. The molecule has 1 unspecified atom stereocenters. The fourth-order valence-electron chi connectivity index (χ4n) is 2.69. The summed E-state index contributed by atoms with van der Waals surface area (Å²) in [5.41, 5.74) is 0.349. The molecule has 5 nitrogen and oxygen atoms in total. The zero-order chi connectivity index (χ0) is 15.6. The van der Waals surface area contributed by atoms with Crippen LogP contribution in [0.2, 0.25) is 0 Å². The van der Waals surface area contributed by atoms with Crippen LogP contribution in [0.5, 0.6) is 0 Å². The molecule has 0 saturated carbocycles. The molecule has 1 aromatic carbocycles. The summed E-state index contributed by atoms with van der Waals surface area (Å²) >= 11 is 3.32. The summed E-state index contributed by atoms with van der Waals surface area (Å²) in [4.78, 5) is 14.5. The second kappa shape index (κ2) is 6.46. The Bertz CT molecular complexity index is 646. The molecule has 1 aliphatic heterocycles. The molecule has 1 aliphatic rings. The van der Waals surface area contributed by atoms with Crippen LogP contribution in [0.15, 0.2) is 27.6 Å². The van der Waals surface area contributed by atoms with E-state index in [1.54, 1.807) is 6.07 Å². The summed E-state index contributed by atoms with van der Waals surface area (Å²) in [6.07, 6.45) is 4.00. The van der Waals surface area contributed by atoms with Crippen molar-refractivity contribution in [2.24, 2.45) is 5.14 Å². The lowest BCUT2D eigenvalue weighted by Crippen LogP contribution is -2.43. The minimum absolute atomic E-state index is 0.0425. The van der Waals surface area contributed by atoms with Gasteiger partial charge in [-0.15, -0.1) is 0 Å². The van der Waals surface area contributed by atoms with E-state index in [0.29, 0.717) is 16.6 Å². The van der Waals surface area contributed by atoms with E-state index in [1.807, 2.05) is 4.90 Å². The molecular formula is C14H19BrN2O3S. The number of nitrogens with zero attached hydrogens (tertiary/aromatic N) is 1. The van der Waals surface area contributed by atoms with Crippen molar-refractivity contribution in [3.63, 3.8) is 0 Å². The summed E-state index contributed by atoms with van der Waals surface area (Å²) in [5, 5.41) is 5.14. The second-order valence-electron chi connectivity index (χ2n) is 5.24. The first-order valence-electron chi connectivity index (χ1n) is 6.98. The van der Waals surface area contributed by atoms with Crippen LogP contribution in [0.25, 0.3) is 0 Å². The van der Waals surface area contributed by atoms with E-state index >= 15 is 0 Å². The van der Waals surface area contributed by atoms with Gasteiger partial charge in [-0.1, -0.05) is 6.92 Å². The molecule has 116 valence electrons. The van der Waals surface area contributed by atoms with Crippen molar-refractivity contribution in [3.8, 4) is 0 Å². The number of primary sulfonamides is 1. The SMILES string of the molecule is CCC1CCCCN1C(=O)c1cc(S(N)(=O)=O)ccc1Br. The zero-order valence-corrected chi connectivity index (χ0v) is 14.3. The van der Waals surface area contributed by atoms with Gasteiger partial charge in [0.15, 0.2) is 0 Å². The van der Waals surface area contributed by atoms with Gasteiger partial charge in [0.2, 0.25) is 10.0 Å². The van der Waals surface area contributed by atoms with E-state index in [9.17, 15) is 13.2 Å². The molecule has 0 spiro atoms. The molecule has 1 heterocycles. The topological polar surface area (TPSA) is 80.5 Å². The number of piperidine rings is 1. The molecule has 0 bridgehead atoms. The number of nitrogens with two attached hydrogens (primary N) is 1. The molecule has 0 radical (unpaired) electrons. The first-order valence-corrected chi connectivity index (χ1v) is 9.32. The Morgan fingerprint density at radius 2 is 2.14 bits per heavy atom. The molecule has 1 amide bonds. The van der Waals surface area contributed by atoms with Crippen molar-refractivity contribution < 1.29 is 13.2 Å². The average Bonchev–Trinajstić information content (AvgIpc) is 2.45. The summed E-state index contributed by atoms with van der Waals surface area (Å²) in [6, 6.07) is 4.52. The lowest BCUT2D eigenvalue weighted by atomic mass is 9.99.